The number of anilines is 1. The first-order valence-corrected chi connectivity index (χ1v) is 18.2. The van der Waals surface area contributed by atoms with E-state index in [1.54, 1.807) is 18.3 Å². The molecular formula is C41H39F3N8O2. The van der Waals surface area contributed by atoms with Gasteiger partial charge in [0, 0.05) is 85.4 Å². The minimum atomic E-state index is -0.889. The number of ether oxygens (including phenoxy) is 1. The van der Waals surface area contributed by atoms with E-state index in [0.29, 0.717) is 73.9 Å². The molecule has 4 saturated heterocycles. The zero-order valence-corrected chi connectivity index (χ0v) is 29.9. The van der Waals surface area contributed by atoms with E-state index in [1.807, 2.05) is 35.2 Å². The van der Waals surface area contributed by atoms with Crippen molar-refractivity contribution >= 4 is 39.5 Å². The molecule has 13 heteroatoms. The number of nitrogens with zero attached hydrogens (tertiary/aromatic N) is 8. The molecule has 0 N–H and O–H groups in total. The number of hydrogen-bond donors (Lipinski definition) is 0. The summed E-state index contributed by atoms with van der Waals surface area (Å²) in [5.74, 6) is 1.22. The molecule has 54 heavy (non-hydrogen) atoms. The average Bonchev–Trinajstić information content (AvgIpc) is 3.78. The zero-order valence-electron chi connectivity index (χ0n) is 29.9. The highest BCUT2D eigenvalue weighted by molar-refractivity contribution is 6.02. The summed E-state index contributed by atoms with van der Waals surface area (Å²) in [6.45, 7) is 3.97. The number of alkyl halides is 1. The molecule has 10 nitrogen and oxygen atoms in total. The van der Waals surface area contributed by atoms with E-state index in [4.69, 9.17) is 11.2 Å². The Morgan fingerprint density at radius 3 is 2.52 bits per heavy atom. The number of methoxy groups -OCH3 is 1. The number of piperidine rings is 1. The standard InChI is InChI=1S/C34H27F2N7O2.C7H12FN/c1-3-21-7-4-8-22-9-5-10-23(27(21)22)29-28(36)30-24(18-39-29)31(41-33(40-30)45-2)43-19-34(20-43)11-15-42(16-12-34)32(44)25(35)17-26-37-13-6-14-38-26;8-6-4-7-2-1-3-9(7)5-6/h1,4-10,13-14,17-18H,11-12,15-16,19-20H2,2H3;6-7H,1-5H2/b25-17-;. The van der Waals surface area contributed by atoms with Gasteiger partial charge in [0.25, 0.3) is 5.91 Å². The zero-order chi connectivity index (χ0) is 37.4. The summed E-state index contributed by atoms with van der Waals surface area (Å²) in [4.78, 5) is 40.0. The first-order chi connectivity index (χ1) is 26.3. The molecule has 0 aliphatic carbocycles. The predicted octanol–water partition coefficient (Wildman–Crippen LogP) is 6.40. The molecule has 0 bridgehead atoms. The van der Waals surface area contributed by atoms with Crippen molar-refractivity contribution in [2.45, 2.75) is 44.3 Å². The van der Waals surface area contributed by atoms with E-state index >= 15 is 4.39 Å². The van der Waals surface area contributed by atoms with Gasteiger partial charge in [0.15, 0.2) is 17.5 Å². The second-order valence-electron chi connectivity index (χ2n) is 14.4. The Labute approximate surface area is 311 Å². The normalized spacial score (nSPS) is 20.7. The number of fused-ring (bicyclic) bond motifs is 3. The van der Waals surface area contributed by atoms with Gasteiger partial charge in [0.2, 0.25) is 0 Å². The van der Waals surface area contributed by atoms with Crippen LogP contribution in [0.15, 0.2) is 66.9 Å². The third-order valence-electron chi connectivity index (χ3n) is 11.1. The molecule has 2 atom stereocenters. The van der Waals surface area contributed by atoms with Gasteiger partial charge in [-0.05, 0) is 56.2 Å². The van der Waals surface area contributed by atoms with Crippen LogP contribution in [0.3, 0.4) is 0 Å². The molecule has 4 fully saturated rings. The van der Waals surface area contributed by atoms with Crippen molar-refractivity contribution in [3.63, 3.8) is 0 Å². The lowest BCUT2D eigenvalue weighted by Gasteiger charge is -2.54. The number of benzene rings is 2. The second kappa shape index (κ2) is 14.7. The largest absolute Gasteiger partial charge is 0.467 e. The molecule has 276 valence electrons. The van der Waals surface area contributed by atoms with Crippen molar-refractivity contribution in [1.82, 2.24) is 34.7 Å². The van der Waals surface area contributed by atoms with Crippen LogP contribution in [0, 0.1) is 23.6 Å². The highest BCUT2D eigenvalue weighted by atomic mass is 19.1. The van der Waals surface area contributed by atoms with Crippen LogP contribution < -0.4 is 9.64 Å². The lowest BCUT2D eigenvalue weighted by atomic mass is 9.72. The summed E-state index contributed by atoms with van der Waals surface area (Å²) >= 11 is 0. The number of terminal acetylenes is 1. The van der Waals surface area contributed by atoms with Crippen molar-refractivity contribution in [3.8, 4) is 29.6 Å². The number of carbonyl (C=O) groups excluding carboxylic acids is 1. The van der Waals surface area contributed by atoms with Crippen LogP contribution in [0.4, 0.5) is 19.0 Å². The van der Waals surface area contributed by atoms with Gasteiger partial charge in [0.1, 0.15) is 23.2 Å². The third-order valence-corrected chi connectivity index (χ3v) is 11.1. The monoisotopic (exact) mass is 732 g/mol. The highest BCUT2D eigenvalue weighted by Crippen LogP contribution is 2.45. The van der Waals surface area contributed by atoms with Crippen molar-refractivity contribution in [3.05, 3.63) is 84.1 Å². The van der Waals surface area contributed by atoms with E-state index in [-0.39, 0.29) is 28.5 Å². The summed E-state index contributed by atoms with van der Waals surface area (Å²) in [5, 5.41) is 2.09. The third kappa shape index (κ3) is 6.71. The lowest BCUT2D eigenvalue weighted by Crippen LogP contribution is -2.61. The average molecular weight is 733 g/mol. The Balaban J connectivity index is 0.000000399. The van der Waals surface area contributed by atoms with Gasteiger partial charge < -0.3 is 14.5 Å². The molecule has 2 aromatic carbocycles. The van der Waals surface area contributed by atoms with E-state index in [9.17, 15) is 13.6 Å². The van der Waals surface area contributed by atoms with Crippen molar-refractivity contribution in [1.29, 1.82) is 0 Å². The Bertz CT molecular complexity index is 2260. The minimum Gasteiger partial charge on any atom is -0.467 e. The summed E-state index contributed by atoms with van der Waals surface area (Å²) in [7, 11) is 1.44. The predicted molar refractivity (Wildman–Crippen MR) is 200 cm³/mol. The van der Waals surface area contributed by atoms with Crippen molar-refractivity contribution < 1.29 is 22.7 Å². The molecule has 4 aliphatic heterocycles. The van der Waals surface area contributed by atoms with E-state index in [2.05, 4.69) is 35.7 Å². The quantitative estimate of drug-likeness (QED) is 0.150. The molecule has 5 aromatic rings. The number of carbonyl (C=O) groups is 1. The topological polar surface area (TPSA) is 100 Å². The number of halogens is 3. The summed E-state index contributed by atoms with van der Waals surface area (Å²) < 4.78 is 48.9. The van der Waals surface area contributed by atoms with Crippen LogP contribution in [0.5, 0.6) is 6.01 Å². The minimum absolute atomic E-state index is 0.0433. The van der Waals surface area contributed by atoms with Gasteiger partial charge in [-0.25, -0.2) is 23.1 Å². The second-order valence-corrected chi connectivity index (χ2v) is 14.4. The number of rotatable bonds is 5. The molecule has 2 unspecified atom stereocenters. The van der Waals surface area contributed by atoms with Gasteiger partial charge in [-0.15, -0.1) is 6.42 Å². The smallest absolute Gasteiger partial charge is 0.318 e. The number of likely N-dealkylation sites (tertiary alicyclic amines) is 1. The molecule has 0 radical (unpaired) electrons. The summed E-state index contributed by atoms with van der Waals surface area (Å²) in [6, 6.07) is 13.5. The lowest BCUT2D eigenvalue weighted by molar-refractivity contribution is -0.131. The molecule has 1 spiro atoms. The maximum Gasteiger partial charge on any atom is 0.318 e. The fourth-order valence-electron chi connectivity index (χ4n) is 8.35. The molecule has 7 heterocycles. The van der Waals surface area contributed by atoms with E-state index in [1.165, 1.54) is 37.2 Å². The first kappa shape index (κ1) is 35.4. The molecular weight excluding hydrogens is 693 g/mol. The Morgan fingerprint density at radius 2 is 1.80 bits per heavy atom. The molecule has 0 saturated carbocycles. The van der Waals surface area contributed by atoms with Gasteiger partial charge in [-0.2, -0.15) is 9.97 Å². The maximum absolute atomic E-state index is 16.3. The number of pyridine rings is 1. The molecule has 3 aromatic heterocycles. The van der Waals surface area contributed by atoms with E-state index in [0.717, 1.165) is 29.8 Å². The molecule has 9 rings (SSSR count). The number of amides is 1. The molecule has 4 aliphatic rings. The highest BCUT2D eigenvalue weighted by Gasteiger charge is 2.47. The van der Waals surface area contributed by atoms with Crippen LogP contribution in [0.25, 0.3) is 39.0 Å². The molecule has 1 amide bonds. The fraction of sp³-hybridized carbons (Fsp3) is 0.366. The van der Waals surface area contributed by atoms with Crippen LogP contribution in [0.2, 0.25) is 0 Å². The van der Waals surface area contributed by atoms with Crippen LogP contribution in [0.1, 0.15) is 43.5 Å². The van der Waals surface area contributed by atoms with Crippen molar-refractivity contribution in [2.75, 3.05) is 51.3 Å². The fourth-order valence-corrected chi connectivity index (χ4v) is 8.35. The van der Waals surface area contributed by atoms with Gasteiger partial charge in [0.05, 0.1) is 12.5 Å². The SMILES string of the molecule is C#Cc1cccc2cccc(-c3ncc4c(N5CC6(CCN(C(=O)/C(F)=C/c7ncccn7)CC6)C5)nc(OC)nc4c3F)c12.FC1CC2CCCN2C1. The Morgan fingerprint density at radius 1 is 1.04 bits per heavy atom. The Kier molecular flexibility index (Phi) is 9.62. The van der Waals surface area contributed by atoms with Crippen LogP contribution in [-0.4, -0.2) is 99.2 Å². The van der Waals surface area contributed by atoms with Crippen LogP contribution >= 0.6 is 0 Å². The van der Waals surface area contributed by atoms with Crippen LogP contribution in [-0.2, 0) is 4.79 Å². The first-order valence-electron chi connectivity index (χ1n) is 18.2. The van der Waals surface area contributed by atoms with Gasteiger partial charge >= 0.3 is 6.01 Å². The Hall–Kier alpha value is -5.61. The summed E-state index contributed by atoms with van der Waals surface area (Å²) in [5.41, 5.74) is 1.38. The van der Waals surface area contributed by atoms with Gasteiger partial charge in [-0.1, -0.05) is 36.3 Å². The number of aromatic nitrogens is 5. The van der Waals surface area contributed by atoms with Gasteiger partial charge in [-0.3, -0.25) is 14.7 Å². The summed E-state index contributed by atoms with van der Waals surface area (Å²) in [6.07, 6.45) is 15.6. The van der Waals surface area contributed by atoms with Crippen molar-refractivity contribution in [2.24, 2.45) is 5.41 Å². The number of hydrogen-bond acceptors (Lipinski definition) is 9. The maximum atomic E-state index is 16.3. The van der Waals surface area contributed by atoms with E-state index < -0.39 is 23.7 Å².